The third-order valence-corrected chi connectivity index (χ3v) is 2.50. The Morgan fingerprint density at radius 3 is 2.11 bits per heavy atom. The number of esters is 2. The molecule has 0 aromatic heterocycles. The molecule has 0 aliphatic rings. The van der Waals surface area contributed by atoms with Gasteiger partial charge in [-0.1, -0.05) is 0 Å². The van der Waals surface area contributed by atoms with E-state index in [1.54, 1.807) is 0 Å². The van der Waals surface area contributed by atoms with Crippen LogP contribution in [-0.4, -0.2) is 42.9 Å². The molecule has 1 rings (SSSR count). The van der Waals surface area contributed by atoms with Crippen LogP contribution in [-0.2, 0) is 9.47 Å². The first-order valence-corrected chi connectivity index (χ1v) is 5.67. The predicted octanol–water partition coefficient (Wildman–Crippen LogP) is 0.340. The molecular weight excluding hydrogens is 250 g/mol. The average molecular weight is 267 g/mol. The van der Waals surface area contributed by atoms with Gasteiger partial charge < -0.3 is 20.3 Å². The van der Waals surface area contributed by atoms with Crippen LogP contribution < -0.4 is 5.73 Å². The maximum absolute atomic E-state index is 11.7. The number of rotatable bonds is 5. The summed E-state index contributed by atoms with van der Waals surface area (Å²) in [6.45, 7) is 1.27. The topological polar surface area (TPSA) is 98.9 Å². The molecule has 1 atom stereocenters. The largest absolute Gasteiger partial charge is 0.465 e. The molecule has 0 saturated carbocycles. The van der Waals surface area contributed by atoms with Crippen molar-refractivity contribution in [3.05, 3.63) is 35.4 Å². The SMILES string of the molecule is COC(=O)c1ccc(C(=O)OCC(C)(O)CN)cc1. The molecule has 0 aliphatic heterocycles. The molecule has 1 unspecified atom stereocenters. The van der Waals surface area contributed by atoms with E-state index >= 15 is 0 Å². The van der Waals surface area contributed by atoms with Crippen molar-refractivity contribution in [2.45, 2.75) is 12.5 Å². The Hall–Kier alpha value is -1.92. The van der Waals surface area contributed by atoms with E-state index < -0.39 is 17.5 Å². The molecule has 6 nitrogen and oxygen atoms in total. The molecule has 0 heterocycles. The number of carbonyl (C=O) groups is 2. The standard InChI is InChI=1S/C13H17NO5/c1-13(17,7-14)8-19-12(16)10-5-3-9(4-6-10)11(15)18-2/h3-6,17H,7-8,14H2,1-2H3. The Balaban J connectivity index is 2.66. The van der Waals surface area contributed by atoms with Gasteiger partial charge in [-0.3, -0.25) is 0 Å². The maximum Gasteiger partial charge on any atom is 0.338 e. The first-order valence-electron chi connectivity index (χ1n) is 5.67. The van der Waals surface area contributed by atoms with Gasteiger partial charge in [-0.2, -0.15) is 0 Å². The summed E-state index contributed by atoms with van der Waals surface area (Å²) in [7, 11) is 1.28. The van der Waals surface area contributed by atoms with Crippen LogP contribution in [0.5, 0.6) is 0 Å². The van der Waals surface area contributed by atoms with E-state index in [1.807, 2.05) is 0 Å². The Kier molecular flexibility index (Phi) is 5.02. The van der Waals surface area contributed by atoms with Crippen LogP contribution in [0.15, 0.2) is 24.3 Å². The summed E-state index contributed by atoms with van der Waals surface area (Å²) >= 11 is 0. The molecule has 1 aromatic rings. The first-order chi connectivity index (χ1) is 8.89. The van der Waals surface area contributed by atoms with Gasteiger partial charge in [0, 0.05) is 6.54 Å². The zero-order valence-corrected chi connectivity index (χ0v) is 10.9. The van der Waals surface area contributed by atoms with Gasteiger partial charge in [-0.25, -0.2) is 9.59 Å². The summed E-state index contributed by atoms with van der Waals surface area (Å²) in [5.41, 5.74) is 4.68. The normalized spacial score (nSPS) is 13.5. The third-order valence-electron chi connectivity index (χ3n) is 2.50. The smallest absolute Gasteiger partial charge is 0.338 e. The minimum atomic E-state index is -1.25. The van der Waals surface area contributed by atoms with Crippen molar-refractivity contribution in [2.75, 3.05) is 20.3 Å². The fourth-order valence-corrected chi connectivity index (χ4v) is 1.22. The molecule has 0 aliphatic carbocycles. The number of carbonyl (C=O) groups excluding carboxylic acids is 2. The van der Waals surface area contributed by atoms with E-state index in [-0.39, 0.29) is 18.7 Å². The number of hydrogen-bond donors (Lipinski definition) is 2. The van der Waals surface area contributed by atoms with Crippen LogP contribution in [0.4, 0.5) is 0 Å². The fourth-order valence-electron chi connectivity index (χ4n) is 1.22. The minimum Gasteiger partial charge on any atom is -0.465 e. The summed E-state index contributed by atoms with van der Waals surface area (Å²) in [5, 5.41) is 9.60. The number of nitrogens with two attached hydrogens (primary N) is 1. The third kappa shape index (κ3) is 4.35. The lowest BCUT2D eigenvalue weighted by atomic mass is 10.1. The predicted molar refractivity (Wildman–Crippen MR) is 67.7 cm³/mol. The second kappa shape index (κ2) is 6.31. The number of methoxy groups -OCH3 is 1. The molecule has 0 saturated heterocycles. The summed E-state index contributed by atoms with van der Waals surface area (Å²) < 4.78 is 9.47. The van der Waals surface area contributed by atoms with Gasteiger partial charge in [0.15, 0.2) is 0 Å². The Bertz CT molecular complexity index is 453. The van der Waals surface area contributed by atoms with Crippen molar-refractivity contribution >= 4 is 11.9 Å². The zero-order valence-electron chi connectivity index (χ0n) is 10.9. The summed E-state index contributed by atoms with van der Waals surface area (Å²) in [4.78, 5) is 22.9. The van der Waals surface area contributed by atoms with Crippen molar-refractivity contribution in [3.63, 3.8) is 0 Å². The van der Waals surface area contributed by atoms with Gasteiger partial charge in [-0.05, 0) is 31.2 Å². The number of hydrogen-bond acceptors (Lipinski definition) is 6. The minimum absolute atomic E-state index is 0.0123. The summed E-state index contributed by atoms with van der Waals surface area (Å²) in [6.07, 6.45) is 0. The van der Waals surface area contributed by atoms with Crippen LogP contribution in [0, 0.1) is 0 Å². The van der Waals surface area contributed by atoms with Gasteiger partial charge in [0.1, 0.15) is 12.2 Å². The van der Waals surface area contributed by atoms with Crippen molar-refractivity contribution in [2.24, 2.45) is 5.73 Å². The van der Waals surface area contributed by atoms with Gasteiger partial charge in [-0.15, -0.1) is 0 Å². The van der Waals surface area contributed by atoms with Crippen molar-refractivity contribution in [1.29, 1.82) is 0 Å². The molecule has 0 radical (unpaired) electrons. The van der Waals surface area contributed by atoms with E-state index in [0.29, 0.717) is 5.56 Å². The van der Waals surface area contributed by atoms with Gasteiger partial charge in [0.25, 0.3) is 0 Å². The second-order valence-corrected chi connectivity index (χ2v) is 4.35. The number of aliphatic hydroxyl groups is 1. The Morgan fingerprint density at radius 1 is 1.21 bits per heavy atom. The lowest BCUT2D eigenvalue weighted by molar-refractivity contribution is -0.0153. The molecule has 1 aromatic carbocycles. The molecular formula is C13H17NO5. The maximum atomic E-state index is 11.7. The highest BCUT2D eigenvalue weighted by atomic mass is 16.5. The van der Waals surface area contributed by atoms with Crippen LogP contribution in [0.3, 0.4) is 0 Å². The molecule has 0 spiro atoms. The zero-order chi connectivity index (χ0) is 14.5. The molecule has 0 fully saturated rings. The van der Waals surface area contributed by atoms with E-state index in [1.165, 1.54) is 38.3 Å². The summed E-state index contributed by atoms with van der Waals surface area (Å²) in [5.74, 6) is -1.07. The molecule has 3 N–H and O–H groups in total. The van der Waals surface area contributed by atoms with Crippen LogP contribution in [0.2, 0.25) is 0 Å². The van der Waals surface area contributed by atoms with Crippen molar-refractivity contribution in [3.8, 4) is 0 Å². The van der Waals surface area contributed by atoms with Crippen LogP contribution in [0.25, 0.3) is 0 Å². The van der Waals surface area contributed by atoms with Crippen molar-refractivity contribution < 1.29 is 24.2 Å². The van der Waals surface area contributed by atoms with Crippen LogP contribution in [0.1, 0.15) is 27.6 Å². The molecule has 19 heavy (non-hydrogen) atoms. The quantitative estimate of drug-likeness (QED) is 0.746. The highest BCUT2D eigenvalue weighted by Crippen LogP contribution is 2.09. The molecule has 6 heteroatoms. The number of benzene rings is 1. The Labute approximate surface area is 111 Å². The van der Waals surface area contributed by atoms with Gasteiger partial charge >= 0.3 is 11.9 Å². The molecule has 0 bridgehead atoms. The molecule has 104 valence electrons. The van der Waals surface area contributed by atoms with Gasteiger partial charge in [0.2, 0.25) is 0 Å². The van der Waals surface area contributed by atoms with Crippen LogP contribution >= 0.6 is 0 Å². The van der Waals surface area contributed by atoms with Gasteiger partial charge in [0.05, 0.1) is 18.2 Å². The first kappa shape index (κ1) is 15.1. The monoisotopic (exact) mass is 267 g/mol. The highest BCUT2D eigenvalue weighted by Gasteiger charge is 2.21. The highest BCUT2D eigenvalue weighted by molar-refractivity contribution is 5.93. The Morgan fingerprint density at radius 2 is 1.68 bits per heavy atom. The van der Waals surface area contributed by atoms with E-state index in [4.69, 9.17) is 10.5 Å². The lowest BCUT2D eigenvalue weighted by Gasteiger charge is -2.20. The van der Waals surface area contributed by atoms with E-state index in [2.05, 4.69) is 4.74 Å². The van der Waals surface area contributed by atoms with E-state index in [0.717, 1.165) is 0 Å². The number of ether oxygens (including phenoxy) is 2. The molecule has 0 amide bonds. The van der Waals surface area contributed by atoms with Crippen molar-refractivity contribution in [1.82, 2.24) is 0 Å². The lowest BCUT2D eigenvalue weighted by Crippen LogP contribution is -2.39. The van der Waals surface area contributed by atoms with E-state index in [9.17, 15) is 14.7 Å². The average Bonchev–Trinajstić information content (AvgIpc) is 2.44. The second-order valence-electron chi connectivity index (χ2n) is 4.35. The summed E-state index contributed by atoms with van der Waals surface area (Å²) in [6, 6.07) is 5.82. The fraction of sp³-hybridized carbons (Fsp3) is 0.385.